The quantitative estimate of drug-likeness (QED) is 0.663. The highest BCUT2D eigenvalue weighted by atomic mass is 127. The van der Waals surface area contributed by atoms with Crippen molar-refractivity contribution in [3.05, 3.63) is 29.3 Å². The Hall–Kier alpha value is -1.11. The maximum atomic E-state index is 10.9. The summed E-state index contributed by atoms with van der Waals surface area (Å²) in [4.78, 5) is 21.7. The highest BCUT2D eigenvalue weighted by Gasteiger charge is 2.11. The van der Waals surface area contributed by atoms with Gasteiger partial charge in [-0.15, -0.1) is 0 Å². The molecule has 1 rings (SSSR count). The summed E-state index contributed by atoms with van der Waals surface area (Å²) in [7, 11) is 0. The van der Waals surface area contributed by atoms with Crippen molar-refractivity contribution in [3.8, 4) is 0 Å². The van der Waals surface area contributed by atoms with E-state index < -0.39 is 5.97 Å². The Kier molecular flexibility index (Phi) is 4.07. The van der Waals surface area contributed by atoms with Crippen molar-refractivity contribution in [3.63, 3.8) is 0 Å². The Morgan fingerprint density at radius 3 is 2.60 bits per heavy atom. The number of alkyl halides is 1. The largest absolute Gasteiger partial charge is 0.478 e. The fourth-order valence-electron chi connectivity index (χ4n) is 1.15. The first kappa shape index (κ1) is 12.0. The molecule has 0 aliphatic carbocycles. The van der Waals surface area contributed by atoms with Crippen molar-refractivity contribution in [1.29, 1.82) is 0 Å². The number of halogens is 1. The van der Waals surface area contributed by atoms with Crippen LogP contribution in [0.2, 0.25) is 0 Å². The van der Waals surface area contributed by atoms with Crippen LogP contribution in [0.3, 0.4) is 0 Å². The molecule has 0 aromatic heterocycles. The molecule has 0 bridgehead atoms. The molecular formula is C10H10INO3. The molecule has 0 atom stereocenters. The minimum absolute atomic E-state index is 0.110. The molecule has 0 saturated carbocycles. The number of aromatic carboxylic acids is 1. The second kappa shape index (κ2) is 5.11. The van der Waals surface area contributed by atoms with E-state index in [-0.39, 0.29) is 11.5 Å². The van der Waals surface area contributed by atoms with Crippen molar-refractivity contribution < 1.29 is 14.7 Å². The summed E-state index contributed by atoms with van der Waals surface area (Å²) in [5.41, 5.74) is 1.44. The van der Waals surface area contributed by atoms with E-state index in [0.717, 1.165) is 9.99 Å². The number of carboxylic acids is 1. The summed E-state index contributed by atoms with van der Waals surface area (Å²) in [6, 6.07) is 4.92. The van der Waals surface area contributed by atoms with Gasteiger partial charge in [0.25, 0.3) is 0 Å². The molecule has 0 spiro atoms. The van der Waals surface area contributed by atoms with E-state index in [0.29, 0.717) is 5.69 Å². The maximum absolute atomic E-state index is 10.9. The number of anilines is 1. The third-order valence-electron chi connectivity index (χ3n) is 1.78. The number of rotatable bonds is 3. The lowest BCUT2D eigenvalue weighted by Crippen LogP contribution is -2.11. The van der Waals surface area contributed by atoms with Crippen LogP contribution in [0.25, 0.3) is 0 Å². The van der Waals surface area contributed by atoms with Crippen LogP contribution in [0.15, 0.2) is 18.2 Å². The first-order valence-electron chi connectivity index (χ1n) is 4.24. The van der Waals surface area contributed by atoms with Gasteiger partial charge in [-0.2, -0.15) is 0 Å². The molecule has 2 N–H and O–H groups in total. The van der Waals surface area contributed by atoms with Gasteiger partial charge in [-0.3, -0.25) is 4.79 Å². The molecule has 0 aliphatic rings. The van der Waals surface area contributed by atoms with Gasteiger partial charge >= 0.3 is 5.97 Å². The van der Waals surface area contributed by atoms with Crippen LogP contribution in [0.5, 0.6) is 0 Å². The number of carboxylic acid groups (broad SMARTS) is 1. The molecule has 5 heteroatoms. The zero-order valence-corrected chi connectivity index (χ0v) is 10.2. The average molecular weight is 319 g/mol. The van der Waals surface area contributed by atoms with Gasteiger partial charge in [0.15, 0.2) is 0 Å². The van der Waals surface area contributed by atoms with Gasteiger partial charge in [-0.25, -0.2) is 4.79 Å². The monoisotopic (exact) mass is 319 g/mol. The fraction of sp³-hybridized carbons (Fsp3) is 0.200. The first-order valence-corrected chi connectivity index (χ1v) is 5.77. The van der Waals surface area contributed by atoms with Gasteiger partial charge < -0.3 is 10.4 Å². The molecule has 1 aromatic rings. The van der Waals surface area contributed by atoms with Gasteiger partial charge in [-0.1, -0.05) is 28.7 Å². The molecule has 0 fully saturated rings. The molecule has 1 amide bonds. The highest BCUT2D eigenvalue weighted by molar-refractivity contribution is 14.1. The number of amides is 1. The molecule has 0 heterocycles. The number of benzene rings is 1. The van der Waals surface area contributed by atoms with Crippen LogP contribution >= 0.6 is 22.6 Å². The van der Waals surface area contributed by atoms with Crippen molar-refractivity contribution in [2.24, 2.45) is 0 Å². The van der Waals surface area contributed by atoms with Crippen molar-refractivity contribution in [1.82, 2.24) is 0 Å². The molecule has 80 valence electrons. The lowest BCUT2D eigenvalue weighted by molar-refractivity contribution is -0.114. The fourth-order valence-corrected chi connectivity index (χ4v) is 1.63. The van der Waals surface area contributed by atoms with E-state index in [1.165, 1.54) is 13.0 Å². The van der Waals surface area contributed by atoms with Crippen LogP contribution in [0.1, 0.15) is 22.8 Å². The van der Waals surface area contributed by atoms with Crippen molar-refractivity contribution in [2.75, 3.05) is 5.32 Å². The Labute approximate surface area is 101 Å². The molecule has 0 aliphatic heterocycles. The zero-order valence-electron chi connectivity index (χ0n) is 8.08. The summed E-state index contributed by atoms with van der Waals surface area (Å²) in [6.45, 7) is 1.35. The molecule has 4 nitrogen and oxygen atoms in total. The normalized spacial score (nSPS) is 9.73. The number of hydrogen-bond acceptors (Lipinski definition) is 2. The SMILES string of the molecule is CC(=O)Nc1cc(CI)ccc1C(=O)O. The minimum Gasteiger partial charge on any atom is -0.478 e. The summed E-state index contributed by atoms with van der Waals surface area (Å²) < 4.78 is 0.768. The second-order valence-corrected chi connectivity index (χ2v) is 3.76. The molecule has 1 aromatic carbocycles. The van der Waals surface area contributed by atoms with E-state index in [2.05, 4.69) is 27.9 Å². The maximum Gasteiger partial charge on any atom is 0.337 e. The summed E-state index contributed by atoms with van der Waals surface area (Å²) >= 11 is 2.17. The molecular weight excluding hydrogens is 309 g/mol. The lowest BCUT2D eigenvalue weighted by atomic mass is 10.1. The van der Waals surface area contributed by atoms with E-state index in [9.17, 15) is 9.59 Å². The van der Waals surface area contributed by atoms with Crippen LogP contribution < -0.4 is 5.32 Å². The van der Waals surface area contributed by atoms with Gasteiger partial charge in [0, 0.05) is 11.4 Å². The van der Waals surface area contributed by atoms with Crippen LogP contribution in [0, 0.1) is 0 Å². The standard InChI is InChI=1S/C10H10INO3/c1-6(13)12-9-4-7(5-11)2-3-8(9)10(14)15/h2-4H,5H2,1H3,(H,12,13)(H,14,15). The lowest BCUT2D eigenvalue weighted by Gasteiger charge is -2.07. The number of carbonyl (C=O) groups is 2. The summed E-state index contributed by atoms with van der Waals surface area (Å²) in [6.07, 6.45) is 0. The van der Waals surface area contributed by atoms with E-state index in [4.69, 9.17) is 5.11 Å². The predicted octanol–water partition coefficient (Wildman–Crippen LogP) is 2.28. The Morgan fingerprint density at radius 1 is 1.47 bits per heavy atom. The molecule has 0 radical (unpaired) electrons. The minimum atomic E-state index is -1.04. The Morgan fingerprint density at radius 2 is 2.13 bits per heavy atom. The summed E-state index contributed by atoms with van der Waals surface area (Å²) in [5, 5.41) is 11.4. The first-order chi connectivity index (χ1) is 7.04. The van der Waals surface area contributed by atoms with Crippen molar-refractivity contribution >= 4 is 40.2 Å². The molecule has 0 unspecified atom stereocenters. The number of carbonyl (C=O) groups excluding carboxylic acids is 1. The second-order valence-electron chi connectivity index (χ2n) is 3.00. The van der Waals surface area contributed by atoms with Crippen LogP contribution in [-0.2, 0) is 9.22 Å². The third kappa shape index (κ3) is 3.19. The highest BCUT2D eigenvalue weighted by Crippen LogP contribution is 2.19. The van der Waals surface area contributed by atoms with E-state index in [1.54, 1.807) is 12.1 Å². The van der Waals surface area contributed by atoms with Gasteiger partial charge in [0.05, 0.1) is 11.3 Å². The zero-order chi connectivity index (χ0) is 11.4. The van der Waals surface area contributed by atoms with Gasteiger partial charge in [0.1, 0.15) is 0 Å². The number of nitrogens with one attached hydrogen (secondary N) is 1. The van der Waals surface area contributed by atoms with E-state index >= 15 is 0 Å². The third-order valence-corrected chi connectivity index (χ3v) is 2.66. The van der Waals surface area contributed by atoms with Gasteiger partial charge in [-0.05, 0) is 17.7 Å². The number of hydrogen-bond donors (Lipinski definition) is 2. The van der Waals surface area contributed by atoms with Crippen LogP contribution in [-0.4, -0.2) is 17.0 Å². The smallest absolute Gasteiger partial charge is 0.337 e. The van der Waals surface area contributed by atoms with Gasteiger partial charge in [0.2, 0.25) is 5.91 Å². The summed E-state index contributed by atoms with van der Waals surface area (Å²) in [5.74, 6) is -1.32. The van der Waals surface area contributed by atoms with Crippen LogP contribution in [0.4, 0.5) is 5.69 Å². The molecule has 15 heavy (non-hydrogen) atoms. The predicted molar refractivity (Wildman–Crippen MR) is 65.4 cm³/mol. The van der Waals surface area contributed by atoms with E-state index in [1.807, 2.05) is 0 Å². The average Bonchev–Trinajstić information content (AvgIpc) is 2.16. The van der Waals surface area contributed by atoms with Crippen molar-refractivity contribution in [2.45, 2.75) is 11.4 Å². The molecule has 0 saturated heterocycles. The Balaban J connectivity index is 3.16. The topological polar surface area (TPSA) is 66.4 Å². The Bertz CT molecular complexity index is 404.